The first-order valence-corrected chi connectivity index (χ1v) is 9.00. The van der Waals surface area contributed by atoms with Gasteiger partial charge in [-0.05, 0) is 38.5 Å². The van der Waals surface area contributed by atoms with Gasteiger partial charge in [0, 0.05) is 6.42 Å². The SMILES string of the molecule is CC1(CO)OC(CC2CCCCC2)=NS(=O)(=O)C12CC2. The Labute approximate surface area is 120 Å². The van der Waals surface area contributed by atoms with Crippen LogP contribution in [-0.2, 0) is 14.8 Å². The molecule has 2 fully saturated rings. The smallest absolute Gasteiger partial charge is 0.265 e. The maximum Gasteiger partial charge on any atom is 0.265 e. The molecular weight excluding hydrogens is 278 g/mol. The molecule has 20 heavy (non-hydrogen) atoms. The molecule has 1 N–H and O–H groups in total. The van der Waals surface area contributed by atoms with Crippen molar-refractivity contribution in [3.05, 3.63) is 0 Å². The molecule has 5 nitrogen and oxygen atoms in total. The number of sulfonamides is 1. The zero-order valence-electron chi connectivity index (χ0n) is 12.0. The second-order valence-electron chi connectivity index (χ2n) is 6.65. The summed E-state index contributed by atoms with van der Waals surface area (Å²) in [6, 6.07) is 0. The topological polar surface area (TPSA) is 76.0 Å². The van der Waals surface area contributed by atoms with Crippen molar-refractivity contribution in [1.82, 2.24) is 0 Å². The molecule has 0 radical (unpaired) electrons. The first-order valence-electron chi connectivity index (χ1n) is 7.56. The Kier molecular flexibility index (Phi) is 3.36. The summed E-state index contributed by atoms with van der Waals surface area (Å²) in [7, 11) is -3.57. The first-order chi connectivity index (χ1) is 9.42. The maximum atomic E-state index is 12.4. The molecule has 0 bridgehead atoms. The number of aliphatic hydroxyl groups is 1. The van der Waals surface area contributed by atoms with Gasteiger partial charge in [0.25, 0.3) is 10.0 Å². The highest BCUT2D eigenvalue weighted by Gasteiger charge is 2.69. The number of hydrogen-bond acceptors (Lipinski definition) is 4. The second kappa shape index (κ2) is 4.70. The summed E-state index contributed by atoms with van der Waals surface area (Å²) in [6.07, 6.45) is 7.55. The average molecular weight is 301 g/mol. The predicted molar refractivity (Wildman–Crippen MR) is 76.1 cm³/mol. The van der Waals surface area contributed by atoms with Crippen LogP contribution in [0.25, 0.3) is 0 Å². The third kappa shape index (κ3) is 2.08. The van der Waals surface area contributed by atoms with E-state index >= 15 is 0 Å². The molecule has 1 unspecified atom stereocenters. The van der Waals surface area contributed by atoms with Gasteiger partial charge in [-0.3, -0.25) is 0 Å². The van der Waals surface area contributed by atoms with Crippen molar-refractivity contribution >= 4 is 15.9 Å². The van der Waals surface area contributed by atoms with Gasteiger partial charge in [-0.15, -0.1) is 4.40 Å². The van der Waals surface area contributed by atoms with E-state index in [1.165, 1.54) is 19.3 Å². The molecule has 0 aromatic rings. The molecule has 2 aliphatic carbocycles. The fourth-order valence-electron chi connectivity index (χ4n) is 3.66. The van der Waals surface area contributed by atoms with Crippen molar-refractivity contribution in [2.24, 2.45) is 10.3 Å². The van der Waals surface area contributed by atoms with Gasteiger partial charge >= 0.3 is 0 Å². The molecule has 1 heterocycles. The minimum atomic E-state index is -3.57. The van der Waals surface area contributed by atoms with Crippen molar-refractivity contribution in [3.8, 4) is 0 Å². The van der Waals surface area contributed by atoms with Crippen LogP contribution in [0.1, 0.15) is 58.3 Å². The van der Waals surface area contributed by atoms with E-state index in [2.05, 4.69) is 4.40 Å². The van der Waals surface area contributed by atoms with Gasteiger partial charge in [-0.2, -0.15) is 0 Å². The van der Waals surface area contributed by atoms with E-state index in [1.54, 1.807) is 6.92 Å². The van der Waals surface area contributed by atoms with Crippen molar-refractivity contribution in [2.45, 2.75) is 68.6 Å². The second-order valence-corrected chi connectivity index (χ2v) is 8.57. The molecule has 6 heteroatoms. The third-order valence-corrected chi connectivity index (χ3v) is 7.49. The standard InChI is InChI=1S/C14H23NO4S/c1-13(10-16)14(7-8-14)20(17,18)15-12(19-13)9-11-5-3-2-4-6-11/h11,16H,2-10H2,1H3. The van der Waals surface area contributed by atoms with Gasteiger partial charge in [-0.1, -0.05) is 19.3 Å². The number of aliphatic hydroxyl groups excluding tert-OH is 1. The summed E-state index contributed by atoms with van der Waals surface area (Å²) in [5.74, 6) is 0.778. The zero-order valence-corrected chi connectivity index (χ0v) is 12.8. The van der Waals surface area contributed by atoms with E-state index in [0.717, 1.165) is 12.8 Å². The number of ether oxygens (including phenoxy) is 1. The highest BCUT2D eigenvalue weighted by Crippen LogP contribution is 2.56. The van der Waals surface area contributed by atoms with E-state index < -0.39 is 20.4 Å². The van der Waals surface area contributed by atoms with E-state index in [0.29, 0.717) is 31.1 Å². The van der Waals surface area contributed by atoms with Crippen LogP contribution < -0.4 is 0 Å². The van der Waals surface area contributed by atoms with Crippen LogP contribution in [0, 0.1) is 5.92 Å². The lowest BCUT2D eigenvalue weighted by Crippen LogP contribution is -2.55. The van der Waals surface area contributed by atoms with Crippen LogP contribution in [0.3, 0.4) is 0 Å². The molecule has 1 atom stereocenters. The Hall–Kier alpha value is -0.620. The van der Waals surface area contributed by atoms with Gasteiger partial charge in [-0.25, -0.2) is 8.42 Å². The molecule has 0 aromatic heterocycles. The summed E-state index contributed by atoms with van der Waals surface area (Å²) in [5.41, 5.74) is -1.03. The molecule has 114 valence electrons. The van der Waals surface area contributed by atoms with Crippen molar-refractivity contribution < 1.29 is 18.3 Å². The highest BCUT2D eigenvalue weighted by atomic mass is 32.2. The predicted octanol–water partition coefficient (Wildman–Crippen LogP) is 2.00. The molecule has 1 spiro atoms. The van der Waals surface area contributed by atoms with Crippen LogP contribution >= 0.6 is 0 Å². The van der Waals surface area contributed by atoms with Crippen LogP contribution in [0.5, 0.6) is 0 Å². The fraction of sp³-hybridized carbons (Fsp3) is 0.929. The molecule has 3 rings (SSSR count). The van der Waals surface area contributed by atoms with Gasteiger partial charge in [0.1, 0.15) is 4.75 Å². The molecule has 3 aliphatic rings. The van der Waals surface area contributed by atoms with Gasteiger partial charge in [0.2, 0.25) is 5.90 Å². The normalized spacial score (nSPS) is 35.4. The summed E-state index contributed by atoms with van der Waals surface area (Å²) < 4.78 is 33.6. The summed E-state index contributed by atoms with van der Waals surface area (Å²) >= 11 is 0. The van der Waals surface area contributed by atoms with E-state index in [-0.39, 0.29) is 6.61 Å². The van der Waals surface area contributed by atoms with Crippen LogP contribution in [0.2, 0.25) is 0 Å². The van der Waals surface area contributed by atoms with Crippen LogP contribution in [-0.4, -0.2) is 36.4 Å². The van der Waals surface area contributed by atoms with Crippen LogP contribution in [0.15, 0.2) is 4.40 Å². The lowest BCUT2D eigenvalue weighted by atomic mass is 9.87. The third-order valence-electron chi connectivity index (χ3n) is 5.22. The Morgan fingerprint density at radius 2 is 1.95 bits per heavy atom. The van der Waals surface area contributed by atoms with Gasteiger partial charge < -0.3 is 9.84 Å². The Balaban J connectivity index is 1.84. The maximum absolute atomic E-state index is 12.4. The summed E-state index contributed by atoms with van der Waals surface area (Å²) in [4.78, 5) is 0. The molecule has 0 aromatic carbocycles. The molecule has 1 aliphatic heterocycles. The molecule has 2 saturated carbocycles. The summed E-state index contributed by atoms with van der Waals surface area (Å²) in [6.45, 7) is 1.42. The quantitative estimate of drug-likeness (QED) is 0.865. The Morgan fingerprint density at radius 1 is 1.30 bits per heavy atom. The van der Waals surface area contributed by atoms with Crippen molar-refractivity contribution in [1.29, 1.82) is 0 Å². The van der Waals surface area contributed by atoms with Crippen molar-refractivity contribution in [2.75, 3.05) is 6.61 Å². The molecule has 0 saturated heterocycles. The zero-order chi connectivity index (χ0) is 14.4. The minimum absolute atomic E-state index is 0.282. The van der Waals surface area contributed by atoms with Gasteiger partial charge in [0.15, 0.2) is 5.60 Å². The monoisotopic (exact) mass is 301 g/mol. The molecular formula is C14H23NO4S. The van der Waals surface area contributed by atoms with E-state index in [1.807, 2.05) is 0 Å². The average Bonchev–Trinajstić information content (AvgIpc) is 3.20. The Bertz CT molecular complexity index is 517. The number of rotatable bonds is 3. The lowest BCUT2D eigenvalue weighted by Gasteiger charge is -2.39. The Morgan fingerprint density at radius 3 is 2.50 bits per heavy atom. The lowest BCUT2D eigenvalue weighted by molar-refractivity contribution is -0.00286. The van der Waals surface area contributed by atoms with Crippen molar-refractivity contribution in [3.63, 3.8) is 0 Å². The van der Waals surface area contributed by atoms with Gasteiger partial charge in [0.05, 0.1) is 6.61 Å². The molecule has 0 amide bonds. The number of nitrogens with zero attached hydrogens (tertiary/aromatic N) is 1. The largest absolute Gasteiger partial charge is 0.470 e. The van der Waals surface area contributed by atoms with E-state index in [9.17, 15) is 13.5 Å². The van der Waals surface area contributed by atoms with Crippen LogP contribution in [0.4, 0.5) is 0 Å². The fourth-order valence-corrected chi connectivity index (χ4v) is 5.48. The summed E-state index contributed by atoms with van der Waals surface area (Å²) in [5, 5.41) is 9.64. The van der Waals surface area contributed by atoms with E-state index in [4.69, 9.17) is 4.74 Å². The first kappa shape index (κ1) is 14.3. The minimum Gasteiger partial charge on any atom is -0.470 e. The highest BCUT2D eigenvalue weighted by molar-refractivity contribution is 7.92. The number of hydrogen-bond donors (Lipinski definition) is 1.